The summed E-state index contributed by atoms with van der Waals surface area (Å²) in [5.74, 6) is -0.565. The first-order valence-corrected chi connectivity index (χ1v) is 10.9. The van der Waals surface area contributed by atoms with Crippen molar-refractivity contribution < 1.29 is 13.9 Å². The number of ether oxygens (including phenoxy) is 1. The molecule has 1 amide bonds. The minimum atomic E-state index is -0.400. The van der Waals surface area contributed by atoms with Crippen LogP contribution in [0.1, 0.15) is 10.4 Å². The lowest BCUT2D eigenvalue weighted by molar-refractivity contribution is 0.0937. The molecule has 0 aliphatic heterocycles. The second kappa shape index (κ2) is 9.03. The van der Waals surface area contributed by atoms with E-state index in [-0.39, 0.29) is 17.4 Å². The van der Waals surface area contributed by atoms with Gasteiger partial charge in [-0.1, -0.05) is 18.2 Å². The van der Waals surface area contributed by atoms with Gasteiger partial charge < -0.3 is 25.8 Å². The summed E-state index contributed by atoms with van der Waals surface area (Å²) < 4.78 is 18.3. The molecule has 0 atom stereocenters. The largest absolute Gasteiger partial charge is 0.396 e. The first-order chi connectivity index (χ1) is 16.9. The van der Waals surface area contributed by atoms with Gasteiger partial charge in [0.05, 0.1) is 29.0 Å². The molecule has 3 aromatic carbocycles. The second-order valence-corrected chi connectivity index (χ2v) is 8.08. The smallest absolute Gasteiger partial charge is 0.276 e. The number of nitrogens with two attached hydrogens (primary N) is 1. The van der Waals surface area contributed by atoms with Gasteiger partial charge in [0.1, 0.15) is 5.82 Å². The molecule has 176 valence electrons. The number of nitrogens with zero attached hydrogens (tertiary/aromatic N) is 1. The number of hydrogen-bond acceptors (Lipinski definition) is 5. The second-order valence-electron chi connectivity index (χ2n) is 8.08. The minimum Gasteiger partial charge on any atom is -0.396 e. The van der Waals surface area contributed by atoms with Crippen LogP contribution in [0.3, 0.4) is 0 Å². The highest BCUT2D eigenvalue weighted by Crippen LogP contribution is 2.32. The number of rotatable bonds is 6. The Labute approximate surface area is 199 Å². The predicted octanol–water partition coefficient (Wildman–Crippen LogP) is 3.84. The summed E-state index contributed by atoms with van der Waals surface area (Å²) in [5, 5.41) is 3.38. The normalized spacial score (nSPS) is 11.3. The lowest BCUT2D eigenvalue weighted by atomic mass is 10.0. The average molecular weight is 471 g/mol. The van der Waals surface area contributed by atoms with Crippen LogP contribution in [-0.4, -0.2) is 41.1 Å². The molecule has 0 radical (unpaired) electrons. The van der Waals surface area contributed by atoms with Crippen LogP contribution in [0.5, 0.6) is 0 Å². The van der Waals surface area contributed by atoms with Crippen molar-refractivity contribution in [2.24, 2.45) is 0 Å². The Morgan fingerprint density at radius 1 is 1.03 bits per heavy atom. The van der Waals surface area contributed by atoms with Crippen molar-refractivity contribution in [3.63, 3.8) is 0 Å². The highest BCUT2D eigenvalue weighted by molar-refractivity contribution is 6.04. The summed E-state index contributed by atoms with van der Waals surface area (Å²) in [5.41, 5.74) is 10.7. The van der Waals surface area contributed by atoms with E-state index in [9.17, 15) is 14.0 Å². The summed E-state index contributed by atoms with van der Waals surface area (Å²) in [4.78, 5) is 35.9. The Bertz CT molecular complexity index is 1620. The molecule has 0 aliphatic carbocycles. The molecule has 0 spiro atoms. The third kappa shape index (κ3) is 4.24. The number of aromatic amines is 2. The highest BCUT2D eigenvalue weighted by atomic mass is 19.1. The molecule has 0 aliphatic rings. The van der Waals surface area contributed by atoms with E-state index in [1.165, 1.54) is 12.1 Å². The zero-order valence-electron chi connectivity index (χ0n) is 18.8. The zero-order valence-corrected chi connectivity index (χ0v) is 18.8. The number of H-pyrrole nitrogens is 2. The van der Waals surface area contributed by atoms with Crippen molar-refractivity contribution in [3.05, 3.63) is 82.4 Å². The number of hydrogen-bond donors (Lipinski definition) is 4. The summed E-state index contributed by atoms with van der Waals surface area (Å²) in [6.45, 7) is 0.793. The van der Waals surface area contributed by atoms with Crippen molar-refractivity contribution in [1.82, 2.24) is 20.3 Å². The lowest BCUT2D eigenvalue weighted by Gasteiger charge is -2.06. The molecule has 2 aromatic heterocycles. The van der Waals surface area contributed by atoms with E-state index in [0.29, 0.717) is 52.0 Å². The van der Waals surface area contributed by atoms with Crippen LogP contribution in [-0.2, 0) is 4.74 Å². The van der Waals surface area contributed by atoms with Crippen molar-refractivity contribution in [1.29, 1.82) is 0 Å². The van der Waals surface area contributed by atoms with E-state index in [1.807, 2.05) is 12.1 Å². The number of amides is 1. The van der Waals surface area contributed by atoms with Crippen LogP contribution in [0.2, 0.25) is 0 Å². The van der Waals surface area contributed by atoms with Gasteiger partial charge in [-0.15, -0.1) is 0 Å². The van der Waals surface area contributed by atoms with Crippen molar-refractivity contribution in [2.45, 2.75) is 0 Å². The fourth-order valence-electron chi connectivity index (χ4n) is 3.98. The Morgan fingerprint density at radius 2 is 1.77 bits per heavy atom. The number of carbonyl (C=O) groups is 1. The third-order valence-corrected chi connectivity index (χ3v) is 5.80. The van der Waals surface area contributed by atoms with Gasteiger partial charge in [-0.3, -0.25) is 9.59 Å². The number of anilines is 1. The van der Waals surface area contributed by atoms with Gasteiger partial charge in [-0.05, 0) is 53.6 Å². The van der Waals surface area contributed by atoms with E-state index in [1.54, 1.807) is 43.5 Å². The van der Waals surface area contributed by atoms with Gasteiger partial charge in [0.2, 0.25) is 0 Å². The molecule has 35 heavy (non-hydrogen) atoms. The van der Waals surface area contributed by atoms with Crippen LogP contribution < -0.4 is 16.6 Å². The molecule has 2 heterocycles. The van der Waals surface area contributed by atoms with Crippen molar-refractivity contribution in [3.8, 4) is 22.5 Å². The number of aromatic nitrogens is 3. The zero-order chi connectivity index (χ0) is 24.5. The van der Waals surface area contributed by atoms with E-state index in [4.69, 9.17) is 10.5 Å². The minimum absolute atomic E-state index is 0.133. The number of halogens is 1. The highest BCUT2D eigenvalue weighted by Gasteiger charge is 2.17. The van der Waals surface area contributed by atoms with Crippen LogP contribution in [0.15, 0.2) is 65.5 Å². The van der Waals surface area contributed by atoms with Gasteiger partial charge in [0, 0.05) is 30.1 Å². The van der Waals surface area contributed by atoms with E-state index < -0.39 is 5.56 Å². The fraction of sp³-hybridized carbons (Fsp3) is 0.115. The maximum Gasteiger partial charge on any atom is 0.276 e. The number of methoxy groups -OCH3 is 1. The molecule has 0 bridgehead atoms. The Balaban J connectivity index is 1.56. The van der Waals surface area contributed by atoms with Gasteiger partial charge in [0.25, 0.3) is 11.5 Å². The van der Waals surface area contributed by atoms with Crippen molar-refractivity contribution in [2.75, 3.05) is 26.0 Å². The molecule has 0 saturated carbocycles. The number of nitrogen functional groups attached to an aromatic ring is 1. The fourth-order valence-corrected chi connectivity index (χ4v) is 3.98. The standard InChI is InChI=1S/C26H22FN5O3/c1-35-11-10-29-25(33)16-5-8-19-18(12-16)22(28)23(30-19)24-26(34)32-20-9-4-15(13-21(20)31-24)14-2-6-17(27)7-3-14/h2-9,12-13,30H,10-11,28H2,1H3,(H,29,33)(H,32,34). The average Bonchev–Trinajstić information content (AvgIpc) is 3.19. The first-order valence-electron chi connectivity index (χ1n) is 10.9. The van der Waals surface area contributed by atoms with Gasteiger partial charge in [0.15, 0.2) is 5.69 Å². The maximum absolute atomic E-state index is 13.3. The van der Waals surface area contributed by atoms with Crippen LogP contribution in [0.25, 0.3) is 44.5 Å². The molecular weight excluding hydrogens is 449 g/mol. The first kappa shape index (κ1) is 22.3. The topological polar surface area (TPSA) is 126 Å². The number of benzene rings is 3. The molecule has 0 fully saturated rings. The van der Waals surface area contributed by atoms with Gasteiger partial charge in [-0.25, -0.2) is 9.37 Å². The quantitative estimate of drug-likeness (QED) is 0.280. The number of fused-ring (bicyclic) bond motifs is 2. The maximum atomic E-state index is 13.3. The molecule has 0 unspecified atom stereocenters. The van der Waals surface area contributed by atoms with Crippen molar-refractivity contribution >= 4 is 33.5 Å². The summed E-state index contributed by atoms with van der Waals surface area (Å²) in [6.07, 6.45) is 0. The molecule has 5 rings (SSSR count). The van der Waals surface area contributed by atoms with Crippen LogP contribution in [0, 0.1) is 5.82 Å². The summed E-state index contributed by atoms with van der Waals surface area (Å²) in [6, 6.07) is 16.7. The Hall–Kier alpha value is -4.50. The van der Waals surface area contributed by atoms with Gasteiger partial charge >= 0.3 is 0 Å². The number of nitrogens with one attached hydrogen (secondary N) is 3. The molecular formula is C26H22FN5O3. The van der Waals surface area contributed by atoms with E-state index >= 15 is 0 Å². The molecule has 5 N–H and O–H groups in total. The van der Waals surface area contributed by atoms with Gasteiger partial charge in [-0.2, -0.15) is 0 Å². The summed E-state index contributed by atoms with van der Waals surface area (Å²) >= 11 is 0. The Morgan fingerprint density at radius 3 is 2.54 bits per heavy atom. The number of carbonyl (C=O) groups excluding carboxylic acids is 1. The SMILES string of the molecule is COCCNC(=O)c1ccc2[nH]c(-c3nc4cc(-c5ccc(F)cc5)ccc4[nH]c3=O)c(N)c2c1. The molecule has 5 aromatic rings. The third-order valence-electron chi connectivity index (χ3n) is 5.80. The van der Waals surface area contributed by atoms with E-state index in [2.05, 4.69) is 20.3 Å². The predicted molar refractivity (Wildman–Crippen MR) is 134 cm³/mol. The lowest BCUT2D eigenvalue weighted by Crippen LogP contribution is -2.26. The molecule has 0 saturated heterocycles. The monoisotopic (exact) mass is 471 g/mol. The molecule has 9 heteroatoms. The van der Waals surface area contributed by atoms with Crippen LogP contribution in [0.4, 0.5) is 10.1 Å². The molecule has 8 nitrogen and oxygen atoms in total. The Kier molecular flexibility index (Phi) is 5.76. The summed E-state index contributed by atoms with van der Waals surface area (Å²) in [7, 11) is 1.56. The van der Waals surface area contributed by atoms with E-state index in [0.717, 1.165) is 11.1 Å². The van der Waals surface area contributed by atoms with Crippen LogP contribution >= 0.6 is 0 Å².